The van der Waals surface area contributed by atoms with E-state index in [-0.39, 0.29) is 16.9 Å². The number of nitrogen functional groups attached to an aromatic ring is 2. The largest absolute Gasteiger partial charge is 0.417 e. The van der Waals surface area contributed by atoms with Gasteiger partial charge >= 0.3 is 6.18 Å². The molecule has 0 aliphatic rings. The van der Waals surface area contributed by atoms with Gasteiger partial charge < -0.3 is 11.5 Å². The average molecular weight is 270 g/mol. The summed E-state index contributed by atoms with van der Waals surface area (Å²) in [4.78, 5) is 0. The first-order valence-electron chi connectivity index (χ1n) is 5.32. The lowest BCUT2D eigenvalue weighted by atomic mass is 9.98. The Bertz CT molecular complexity index is 621. The summed E-state index contributed by atoms with van der Waals surface area (Å²) < 4.78 is 52.3. The fourth-order valence-electron chi connectivity index (χ4n) is 1.78. The lowest BCUT2D eigenvalue weighted by molar-refractivity contribution is -0.137. The van der Waals surface area contributed by atoms with Crippen molar-refractivity contribution in [2.75, 3.05) is 11.5 Å². The second-order valence-corrected chi connectivity index (χ2v) is 4.00. The highest BCUT2D eigenvalue weighted by Gasteiger charge is 2.34. The van der Waals surface area contributed by atoms with E-state index in [1.165, 1.54) is 18.2 Å². The van der Waals surface area contributed by atoms with Gasteiger partial charge in [-0.05, 0) is 29.8 Å². The molecule has 6 heteroatoms. The highest BCUT2D eigenvalue weighted by atomic mass is 19.4. The number of anilines is 2. The Morgan fingerprint density at radius 3 is 2.16 bits per heavy atom. The molecule has 0 amide bonds. The maximum absolute atomic E-state index is 13.7. The summed E-state index contributed by atoms with van der Waals surface area (Å²) in [6.07, 6.45) is -4.65. The van der Waals surface area contributed by atoms with Crippen LogP contribution in [0.25, 0.3) is 11.1 Å². The van der Waals surface area contributed by atoms with E-state index in [9.17, 15) is 17.6 Å². The number of hydrogen-bond donors (Lipinski definition) is 2. The van der Waals surface area contributed by atoms with E-state index in [0.29, 0.717) is 0 Å². The minimum absolute atomic E-state index is 0.0390. The van der Waals surface area contributed by atoms with Crippen molar-refractivity contribution in [3.63, 3.8) is 0 Å². The summed E-state index contributed by atoms with van der Waals surface area (Å²) in [5.74, 6) is -0.959. The molecule has 0 saturated heterocycles. The standard InChI is InChI=1S/C13H10F4N2/c14-9-3-1-2-8(13(15,16)17)12(9)7-4-5-10(18)11(19)6-7/h1-6H,18-19H2. The first-order chi connectivity index (χ1) is 8.80. The van der Waals surface area contributed by atoms with Crippen LogP contribution in [-0.2, 0) is 6.18 Å². The Morgan fingerprint density at radius 1 is 0.895 bits per heavy atom. The molecule has 2 aromatic carbocycles. The van der Waals surface area contributed by atoms with E-state index in [1.54, 1.807) is 0 Å². The lowest BCUT2D eigenvalue weighted by Crippen LogP contribution is -2.08. The number of rotatable bonds is 1. The van der Waals surface area contributed by atoms with Crippen LogP contribution in [0, 0.1) is 5.82 Å². The van der Waals surface area contributed by atoms with Crippen molar-refractivity contribution in [1.29, 1.82) is 0 Å². The quantitative estimate of drug-likeness (QED) is 0.613. The van der Waals surface area contributed by atoms with Crippen LogP contribution in [0.4, 0.5) is 28.9 Å². The van der Waals surface area contributed by atoms with E-state index in [4.69, 9.17) is 11.5 Å². The van der Waals surface area contributed by atoms with Crippen LogP contribution < -0.4 is 11.5 Å². The molecular weight excluding hydrogens is 260 g/mol. The Hall–Kier alpha value is -2.24. The number of hydrogen-bond acceptors (Lipinski definition) is 2. The van der Waals surface area contributed by atoms with E-state index >= 15 is 0 Å². The van der Waals surface area contributed by atoms with E-state index < -0.39 is 23.1 Å². The number of benzene rings is 2. The number of alkyl halides is 3. The fourth-order valence-corrected chi connectivity index (χ4v) is 1.78. The average Bonchev–Trinajstić information content (AvgIpc) is 2.31. The monoisotopic (exact) mass is 270 g/mol. The van der Waals surface area contributed by atoms with Gasteiger partial charge in [-0.15, -0.1) is 0 Å². The minimum Gasteiger partial charge on any atom is -0.397 e. The molecule has 100 valence electrons. The maximum Gasteiger partial charge on any atom is 0.417 e. The lowest BCUT2D eigenvalue weighted by Gasteiger charge is -2.14. The molecule has 0 unspecified atom stereocenters. The molecule has 0 atom stereocenters. The first-order valence-corrected chi connectivity index (χ1v) is 5.32. The van der Waals surface area contributed by atoms with Gasteiger partial charge in [0.1, 0.15) is 5.82 Å². The molecule has 0 aliphatic heterocycles. The summed E-state index contributed by atoms with van der Waals surface area (Å²) in [6.45, 7) is 0. The zero-order chi connectivity index (χ0) is 14.2. The topological polar surface area (TPSA) is 52.0 Å². The molecule has 2 rings (SSSR count). The normalized spacial score (nSPS) is 11.6. The molecule has 2 aromatic rings. The fraction of sp³-hybridized carbons (Fsp3) is 0.0769. The Kier molecular flexibility index (Phi) is 3.09. The summed E-state index contributed by atoms with van der Waals surface area (Å²) in [5.41, 5.74) is 9.83. The second-order valence-electron chi connectivity index (χ2n) is 4.00. The number of nitrogens with two attached hydrogens (primary N) is 2. The molecular formula is C13H10F4N2. The molecule has 0 fully saturated rings. The van der Waals surface area contributed by atoms with Gasteiger partial charge in [0.2, 0.25) is 0 Å². The third kappa shape index (κ3) is 2.47. The van der Waals surface area contributed by atoms with Gasteiger partial charge in [-0.3, -0.25) is 0 Å². The van der Waals surface area contributed by atoms with Crippen molar-refractivity contribution in [3.05, 3.63) is 47.8 Å². The summed E-state index contributed by atoms with van der Waals surface area (Å²) in [7, 11) is 0. The molecule has 2 nitrogen and oxygen atoms in total. The van der Waals surface area contributed by atoms with Crippen LogP contribution >= 0.6 is 0 Å². The van der Waals surface area contributed by atoms with E-state index in [1.807, 2.05) is 0 Å². The predicted octanol–water partition coefficient (Wildman–Crippen LogP) is 3.68. The van der Waals surface area contributed by atoms with Crippen LogP contribution in [0.3, 0.4) is 0 Å². The van der Waals surface area contributed by atoms with Gasteiger partial charge in [0.25, 0.3) is 0 Å². The Balaban J connectivity index is 2.70. The van der Waals surface area contributed by atoms with Crippen LogP contribution in [0.5, 0.6) is 0 Å². The van der Waals surface area contributed by atoms with Crippen molar-refractivity contribution in [1.82, 2.24) is 0 Å². The molecule has 0 spiro atoms. The van der Waals surface area contributed by atoms with Gasteiger partial charge in [0.15, 0.2) is 0 Å². The van der Waals surface area contributed by atoms with Crippen LogP contribution in [-0.4, -0.2) is 0 Å². The van der Waals surface area contributed by atoms with Gasteiger partial charge in [-0.2, -0.15) is 13.2 Å². The van der Waals surface area contributed by atoms with Crippen molar-refractivity contribution in [2.24, 2.45) is 0 Å². The maximum atomic E-state index is 13.7. The highest BCUT2D eigenvalue weighted by molar-refractivity contribution is 5.76. The van der Waals surface area contributed by atoms with Crippen molar-refractivity contribution in [2.45, 2.75) is 6.18 Å². The third-order valence-electron chi connectivity index (χ3n) is 2.69. The van der Waals surface area contributed by atoms with Crippen LogP contribution in [0.2, 0.25) is 0 Å². The Morgan fingerprint density at radius 2 is 1.58 bits per heavy atom. The number of halogens is 4. The molecule has 4 N–H and O–H groups in total. The highest BCUT2D eigenvalue weighted by Crippen LogP contribution is 2.39. The summed E-state index contributed by atoms with van der Waals surface area (Å²) in [6, 6.07) is 6.68. The predicted molar refractivity (Wildman–Crippen MR) is 65.7 cm³/mol. The van der Waals surface area contributed by atoms with Gasteiger partial charge in [-0.1, -0.05) is 12.1 Å². The second kappa shape index (κ2) is 4.46. The van der Waals surface area contributed by atoms with Crippen LogP contribution in [0.15, 0.2) is 36.4 Å². The summed E-state index contributed by atoms with van der Waals surface area (Å²) >= 11 is 0. The van der Waals surface area contributed by atoms with Crippen molar-refractivity contribution < 1.29 is 17.6 Å². The van der Waals surface area contributed by atoms with Gasteiger partial charge in [-0.25, -0.2) is 4.39 Å². The van der Waals surface area contributed by atoms with E-state index in [2.05, 4.69) is 0 Å². The molecule has 0 bridgehead atoms. The minimum atomic E-state index is -4.65. The molecule has 0 radical (unpaired) electrons. The smallest absolute Gasteiger partial charge is 0.397 e. The first kappa shape index (κ1) is 13.2. The van der Waals surface area contributed by atoms with Gasteiger partial charge in [0.05, 0.1) is 16.9 Å². The van der Waals surface area contributed by atoms with Crippen LogP contribution in [0.1, 0.15) is 5.56 Å². The molecule has 0 aromatic heterocycles. The van der Waals surface area contributed by atoms with E-state index in [0.717, 1.165) is 18.2 Å². The molecule has 0 saturated carbocycles. The molecule has 0 heterocycles. The zero-order valence-electron chi connectivity index (χ0n) is 9.63. The third-order valence-corrected chi connectivity index (χ3v) is 2.69. The summed E-state index contributed by atoms with van der Waals surface area (Å²) in [5, 5.41) is 0. The van der Waals surface area contributed by atoms with Crippen molar-refractivity contribution in [3.8, 4) is 11.1 Å². The molecule has 19 heavy (non-hydrogen) atoms. The SMILES string of the molecule is Nc1ccc(-c2c(F)cccc2C(F)(F)F)cc1N. The Labute approximate surface area is 106 Å². The molecule has 0 aliphatic carbocycles. The van der Waals surface area contributed by atoms with Crippen molar-refractivity contribution >= 4 is 11.4 Å². The zero-order valence-corrected chi connectivity index (χ0v) is 9.63. The van der Waals surface area contributed by atoms with Gasteiger partial charge in [0, 0.05) is 5.56 Å².